The summed E-state index contributed by atoms with van der Waals surface area (Å²) < 4.78 is 5.16. The molecular formula is C16H20N2O2. The Labute approximate surface area is 118 Å². The number of nitrogens with one attached hydrogen (secondary N) is 2. The molecule has 20 heavy (non-hydrogen) atoms. The van der Waals surface area contributed by atoms with Gasteiger partial charge in [-0.05, 0) is 42.2 Å². The van der Waals surface area contributed by atoms with E-state index in [9.17, 15) is 4.79 Å². The molecule has 1 fully saturated rings. The third kappa shape index (κ3) is 2.70. The van der Waals surface area contributed by atoms with E-state index in [1.54, 1.807) is 7.11 Å². The van der Waals surface area contributed by atoms with Gasteiger partial charge in [-0.25, -0.2) is 0 Å². The Bertz CT molecular complexity index is 659. The second-order valence-electron chi connectivity index (χ2n) is 5.70. The predicted octanol–water partition coefficient (Wildman–Crippen LogP) is 2.76. The number of anilines is 1. The molecule has 4 heteroatoms. The maximum absolute atomic E-state index is 12.0. The quantitative estimate of drug-likeness (QED) is 0.850. The summed E-state index contributed by atoms with van der Waals surface area (Å²) in [6.45, 7) is 1.70. The molecule has 1 aromatic carbocycles. The number of rotatable bonds is 6. The van der Waals surface area contributed by atoms with Gasteiger partial charge in [-0.15, -0.1) is 0 Å². The van der Waals surface area contributed by atoms with Crippen molar-refractivity contribution < 1.29 is 4.74 Å². The normalized spacial score (nSPS) is 16.2. The van der Waals surface area contributed by atoms with Crippen LogP contribution in [-0.2, 0) is 4.74 Å². The second-order valence-corrected chi connectivity index (χ2v) is 5.70. The Balaban J connectivity index is 1.73. The molecule has 2 aromatic rings. The van der Waals surface area contributed by atoms with E-state index in [0.717, 1.165) is 36.2 Å². The van der Waals surface area contributed by atoms with Crippen LogP contribution in [0.1, 0.15) is 19.3 Å². The lowest BCUT2D eigenvalue weighted by molar-refractivity contribution is 0.175. The number of benzene rings is 1. The number of hydrogen-bond donors (Lipinski definition) is 2. The molecule has 0 amide bonds. The zero-order valence-electron chi connectivity index (χ0n) is 11.7. The lowest BCUT2D eigenvalue weighted by atomic mass is 10.0. The number of pyridine rings is 1. The minimum Gasteiger partial charge on any atom is -0.385 e. The number of fused-ring (bicyclic) bond motifs is 1. The molecule has 1 aromatic heterocycles. The molecule has 2 N–H and O–H groups in total. The predicted molar refractivity (Wildman–Crippen MR) is 81.2 cm³/mol. The highest BCUT2D eigenvalue weighted by Crippen LogP contribution is 2.48. The van der Waals surface area contributed by atoms with Crippen LogP contribution in [0.15, 0.2) is 35.1 Å². The number of aromatic amines is 1. The summed E-state index contributed by atoms with van der Waals surface area (Å²) in [5.74, 6) is 0.803. The monoisotopic (exact) mass is 272 g/mol. The molecule has 0 unspecified atom stereocenters. The molecule has 0 radical (unpaired) electrons. The zero-order chi connectivity index (χ0) is 14.0. The van der Waals surface area contributed by atoms with E-state index in [-0.39, 0.29) is 5.56 Å². The number of methoxy groups -OCH3 is 1. The molecule has 0 saturated heterocycles. The fourth-order valence-corrected chi connectivity index (χ4v) is 2.60. The fourth-order valence-electron chi connectivity index (χ4n) is 2.60. The van der Waals surface area contributed by atoms with Crippen molar-refractivity contribution in [3.63, 3.8) is 0 Å². The molecule has 3 rings (SSSR count). The van der Waals surface area contributed by atoms with Crippen molar-refractivity contribution in [3.05, 3.63) is 40.7 Å². The first kappa shape index (κ1) is 13.2. The van der Waals surface area contributed by atoms with Gasteiger partial charge in [0.05, 0.1) is 0 Å². The van der Waals surface area contributed by atoms with Crippen LogP contribution in [0.3, 0.4) is 0 Å². The van der Waals surface area contributed by atoms with E-state index in [4.69, 9.17) is 4.74 Å². The van der Waals surface area contributed by atoms with E-state index >= 15 is 0 Å². The van der Waals surface area contributed by atoms with Gasteiger partial charge in [0.2, 0.25) is 0 Å². The highest BCUT2D eigenvalue weighted by atomic mass is 16.5. The van der Waals surface area contributed by atoms with Crippen LogP contribution < -0.4 is 10.9 Å². The molecule has 106 valence electrons. The largest absolute Gasteiger partial charge is 0.385 e. The summed E-state index contributed by atoms with van der Waals surface area (Å²) in [5, 5.41) is 5.09. The van der Waals surface area contributed by atoms with Crippen LogP contribution in [0.25, 0.3) is 10.8 Å². The van der Waals surface area contributed by atoms with Gasteiger partial charge in [0.1, 0.15) is 5.82 Å². The van der Waals surface area contributed by atoms with Gasteiger partial charge in [-0.1, -0.05) is 18.2 Å². The number of hydrogen-bond acceptors (Lipinski definition) is 3. The topological polar surface area (TPSA) is 54.1 Å². The molecule has 1 heterocycles. The number of H-pyrrole nitrogens is 1. The van der Waals surface area contributed by atoms with Crippen LogP contribution in [0.2, 0.25) is 0 Å². The molecular weight excluding hydrogens is 252 g/mol. The van der Waals surface area contributed by atoms with Gasteiger partial charge in [-0.2, -0.15) is 0 Å². The highest BCUT2D eigenvalue weighted by Gasteiger charge is 2.41. The molecule has 1 aliphatic rings. The Hall–Kier alpha value is -1.81. The first-order valence-electron chi connectivity index (χ1n) is 7.07. The first-order chi connectivity index (χ1) is 9.72. The first-order valence-corrected chi connectivity index (χ1v) is 7.07. The van der Waals surface area contributed by atoms with Crippen molar-refractivity contribution in [1.29, 1.82) is 0 Å². The molecule has 0 spiro atoms. The van der Waals surface area contributed by atoms with Crippen molar-refractivity contribution in [3.8, 4) is 0 Å². The van der Waals surface area contributed by atoms with Gasteiger partial charge >= 0.3 is 0 Å². The smallest absolute Gasteiger partial charge is 0.257 e. The van der Waals surface area contributed by atoms with Crippen LogP contribution in [-0.4, -0.2) is 25.2 Å². The van der Waals surface area contributed by atoms with E-state index < -0.39 is 0 Å². The minimum absolute atomic E-state index is 0.0349. The summed E-state index contributed by atoms with van der Waals surface area (Å²) in [7, 11) is 1.74. The average molecular weight is 272 g/mol. The maximum Gasteiger partial charge on any atom is 0.257 e. The van der Waals surface area contributed by atoms with E-state index in [0.29, 0.717) is 5.41 Å². The Morgan fingerprint density at radius 3 is 2.90 bits per heavy atom. The van der Waals surface area contributed by atoms with Crippen molar-refractivity contribution in [2.24, 2.45) is 5.41 Å². The number of ether oxygens (including phenoxy) is 1. The van der Waals surface area contributed by atoms with E-state index in [1.807, 2.05) is 30.3 Å². The van der Waals surface area contributed by atoms with Gasteiger partial charge in [-0.3, -0.25) is 4.79 Å². The van der Waals surface area contributed by atoms with E-state index in [2.05, 4.69) is 10.3 Å². The molecule has 0 bridgehead atoms. The van der Waals surface area contributed by atoms with Crippen LogP contribution in [0.5, 0.6) is 0 Å². The van der Waals surface area contributed by atoms with Crippen LogP contribution in [0.4, 0.5) is 5.82 Å². The third-order valence-electron chi connectivity index (χ3n) is 4.20. The fraction of sp³-hybridized carbons (Fsp3) is 0.438. The van der Waals surface area contributed by atoms with E-state index in [1.165, 1.54) is 12.8 Å². The van der Waals surface area contributed by atoms with Crippen molar-refractivity contribution in [1.82, 2.24) is 4.98 Å². The zero-order valence-corrected chi connectivity index (χ0v) is 11.7. The summed E-state index contributed by atoms with van der Waals surface area (Å²) in [6.07, 6.45) is 3.55. The van der Waals surface area contributed by atoms with Crippen LogP contribution >= 0.6 is 0 Å². The van der Waals surface area contributed by atoms with Crippen LogP contribution in [0, 0.1) is 5.41 Å². The molecule has 1 saturated carbocycles. The van der Waals surface area contributed by atoms with Gasteiger partial charge in [0.25, 0.3) is 5.56 Å². The highest BCUT2D eigenvalue weighted by molar-refractivity contribution is 5.83. The average Bonchev–Trinajstić information content (AvgIpc) is 3.24. The second kappa shape index (κ2) is 5.29. The standard InChI is InChI=1S/C16H20N2O2/c1-20-9-8-16(6-7-16)11-17-14-10-12-4-2-3-5-13(12)15(19)18-14/h2-5,10H,6-9,11H2,1H3,(H2,17,18,19). The number of aromatic nitrogens is 1. The summed E-state index contributed by atoms with van der Waals surface area (Å²) in [5.41, 5.74) is 0.325. The van der Waals surface area contributed by atoms with Gasteiger partial charge in [0, 0.05) is 25.6 Å². The SMILES string of the molecule is COCCC1(CNc2cc3ccccc3c(=O)[nH]2)CC1. The molecule has 4 nitrogen and oxygen atoms in total. The van der Waals surface area contributed by atoms with Gasteiger partial charge < -0.3 is 15.0 Å². The summed E-state index contributed by atoms with van der Waals surface area (Å²) >= 11 is 0. The summed E-state index contributed by atoms with van der Waals surface area (Å²) in [4.78, 5) is 14.9. The minimum atomic E-state index is -0.0349. The van der Waals surface area contributed by atoms with Crippen molar-refractivity contribution in [2.75, 3.05) is 25.6 Å². The molecule has 1 aliphatic carbocycles. The lowest BCUT2D eigenvalue weighted by Gasteiger charge is -2.16. The Kier molecular flexibility index (Phi) is 3.49. The summed E-state index contributed by atoms with van der Waals surface area (Å²) in [6, 6.07) is 9.65. The Morgan fingerprint density at radius 2 is 2.15 bits per heavy atom. The lowest BCUT2D eigenvalue weighted by Crippen LogP contribution is -2.19. The molecule has 0 aliphatic heterocycles. The third-order valence-corrected chi connectivity index (χ3v) is 4.20. The van der Waals surface area contributed by atoms with Gasteiger partial charge in [0.15, 0.2) is 0 Å². The maximum atomic E-state index is 12.0. The van der Waals surface area contributed by atoms with Crippen molar-refractivity contribution >= 4 is 16.6 Å². The Morgan fingerprint density at radius 1 is 1.35 bits per heavy atom. The van der Waals surface area contributed by atoms with Crippen molar-refractivity contribution in [2.45, 2.75) is 19.3 Å². The molecule has 0 atom stereocenters.